The zero-order chi connectivity index (χ0) is 19.7. The number of imide groups is 1. The standard InChI is InChI=1S/C21H19ClN2O4/c22-14-5-3-13(4-6-14)10-19(25)23-15-7-8-17-18(11-15)21(27)24(20(17)26)12-16-2-1-9-28-16/h3-8,11,16H,1-2,9-10,12H2,(H,23,25)/t16-/m1/s1. The van der Waals surface area contributed by atoms with Crippen molar-refractivity contribution in [1.82, 2.24) is 4.90 Å². The fourth-order valence-corrected chi connectivity index (χ4v) is 3.65. The molecule has 0 spiro atoms. The lowest BCUT2D eigenvalue weighted by atomic mass is 10.1. The van der Waals surface area contributed by atoms with E-state index in [1.807, 2.05) is 0 Å². The Bertz CT molecular complexity index is 936. The summed E-state index contributed by atoms with van der Waals surface area (Å²) in [5, 5.41) is 3.39. The van der Waals surface area contributed by atoms with E-state index in [4.69, 9.17) is 16.3 Å². The summed E-state index contributed by atoms with van der Waals surface area (Å²) in [6.45, 7) is 0.933. The normalized spacial score (nSPS) is 18.5. The average Bonchev–Trinajstić information content (AvgIpc) is 3.27. The molecule has 2 aliphatic rings. The number of nitrogens with zero attached hydrogens (tertiary/aromatic N) is 1. The van der Waals surface area contributed by atoms with Crippen LogP contribution < -0.4 is 5.32 Å². The summed E-state index contributed by atoms with van der Waals surface area (Å²) in [6, 6.07) is 11.8. The maximum absolute atomic E-state index is 12.7. The molecule has 1 saturated heterocycles. The van der Waals surface area contributed by atoms with Crippen LogP contribution in [-0.4, -0.2) is 41.9 Å². The van der Waals surface area contributed by atoms with Crippen molar-refractivity contribution in [2.24, 2.45) is 0 Å². The Hall–Kier alpha value is -2.70. The topological polar surface area (TPSA) is 75.7 Å². The molecule has 1 N–H and O–H groups in total. The lowest BCUT2D eigenvalue weighted by Gasteiger charge is -2.17. The van der Waals surface area contributed by atoms with E-state index in [9.17, 15) is 14.4 Å². The molecule has 4 rings (SSSR count). The summed E-state index contributed by atoms with van der Waals surface area (Å²) in [6.07, 6.45) is 1.88. The van der Waals surface area contributed by atoms with Crippen molar-refractivity contribution in [3.05, 3.63) is 64.2 Å². The van der Waals surface area contributed by atoms with Crippen LogP contribution in [0.3, 0.4) is 0 Å². The summed E-state index contributed by atoms with van der Waals surface area (Å²) in [7, 11) is 0. The first-order chi connectivity index (χ1) is 13.5. The molecular weight excluding hydrogens is 380 g/mol. The predicted molar refractivity (Wildman–Crippen MR) is 105 cm³/mol. The van der Waals surface area contributed by atoms with Crippen LogP contribution in [0.25, 0.3) is 0 Å². The number of rotatable bonds is 5. The van der Waals surface area contributed by atoms with Gasteiger partial charge < -0.3 is 10.1 Å². The molecule has 7 heteroatoms. The number of hydrogen-bond donors (Lipinski definition) is 1. The summed E-state index contributed by atoms with van der Waals surface area (Å²) in [4.78, 5) is 38.7. The van der Waals surface area contributed by atoms with Crippen molar-refractivity contribution in [3.63, 3.8) is 0 Å². The second-order valence-electron chi connectivity index (χ2n) is 6.97. The van der Waals surface area contributed by atoms with Gasteiger partial charge in [-0.3, -0.25) is 19.3 Å². The van der Waals surface area contributed by atoms with Crippen LogP contribution >= 0.6 is 11.6 Å². The zero-order valence-corrected chi connectivity index (χ0v) is 15.9. The van der Waals surface area contributed by atoms with E-state index in [0.29, 0.717) is 28.4 Å². The van der Waals surface area contributed by atoms with E-state index in [2.05, 4.69) is 5.32 Å². The van der Waals surface area contributed by atoms with E-state index in [0.717, 1.165) is 18.4 Å². The molecule has 3 amide bonds. The second kappa shape index (κ2) is 7.73. The number of carbonyl (C=O) groups excluding carboxylic acids is 3. The zero-order valence-electron chi connectivity index (χ0n) is 15.1. The highest BCUT2D eigenvalue weighted by Crippen LogP contribution is 2.27. The molecule has 0 unspecified atom stereocenters. The van der Waals surface area contributed by atoms with Gasteiger partial charge in [-0.05, 0) is 48.7 Å². The molecule has 0 aliphatic carbocycles. The van der Waals surface area contributed by atoms with Crippen LogP contribution in [0.1, 0.15) is 39.1 Å². The molecule has 6 nitrogen and oxygen atoms in total. The number of anilines is 1. The van der Waals surface area contributed by atoms with Gasteiger partial charge in [0.05, 0.1) is 30.2 Å². The minimum Gasteiger partial charge on any atom is -0.376 e. The van der Waals surface area contributed by atoms with Gasteiger partial charge in [0.1, 0.15) is 0 Å². The SMILES string of the molecule is O=C(Cc1ccc(Cl)cc1)Nc1ccc2c(c1)C(=O)N(C[C@H]1CCCO1)C2=O. The van der Waals surface area contributed by atoms with Crippen LogP contribution in [0.2, 0.25) is 5.02 Å². The van der Waals surface area contributed by atoms with Gasteiger partial charge in [-0.15, -0.1) is 0 Å². The molecule has 2 aromatic rings. The number of fused-ring (bicyclic) bond motifs is 1. The monoisotopic (exact) mass is 398 g/mol. The molecule has 1 atom stereocenters. The van der Waals surface area contributed by atoms with Crippen molar-refractivity contribution in [1.29, 1.82) is 0 Å². The molecule has 2 aromatic carbocycles. The first-order valence-electron chi connectivity index (χ1n) is 9.17. The van der Waals surface area contributed by atoms with Crippen molar-refractivity contribution in [3.8, 4) is 0 Å². The van der Waals surface area contributed by atoms with Crippen LogP contribution in [0.4, 0.5) is 5.69 Å². The third kappa shape index (κ3) is 3.79. The van der Waals surface area contributed by atoms with Gasteiger partial charge in [0.2, 0.25) is 5.91 Å². The number of carbonyl (C=O) groups is 3. The Kier molecular flexibility index (Phi) is 5.15. The first kappa shape index (κ1) is 18.7. The third-order valence-electron chi connectivity index (χ3n) is 4.94. The number of nitrogens with one attached hydrogen (secondary N) is 1. The Labute approximate surface area is 167 Å². The van der Waals surface area contributed by atoms with Gasteiger partial charge in [0.25, 0.3) is 11.8 Å². The molecule has 0 bridgehead atoms. The fraction of sp³-hybridized carbons (Fsp3) is 0.286. The Morgan fingerprint density at radius 3 is 2.57 bits per heavy atom. The predicted octanol–water partition coefficient (Wildman–Crippen LogP) is 3.30. The first-order valence-corrected chi connectivity index (χ1v) is 9.55. The van der Waals surface area contributed by atoms with Crippen LogP contribution in [0.15, 0.2) is 42.5 Å². The summed E-state index contributed by atoms with van der Waals surface area (Å²) in [5.74, 6) is -0.867. The minimum atomic E-state index is -0.343. The molecule has 2 heterocycles. The van der Waals surface area contributed by atoms with Crippen molar-refractivity contribution < 1.29 is 19.1 Å². The molecule has 0 aromatic heterocycles. The minimum absolute atomic E-state index is 0.0965. The quantitative estimate of drug-likeness (QED) is 0.784. The smallest absolute Gasteiger partial charge is 0.261 e. The molecule has 1 fully saturated rings. The number of ether oxygens (including phenoxy) is 1. The van der Waals surface area contributed by atoms with E-state index >= 15 is 0 Å². The van der Waals surface area contributed by atoms with Crippen LogP contribution in [0.5, 0.6) is 0 Å². The van der Waals surface area contributed by atoms with Crippen molar-refractivity contribution in [2.75, 3.05) is 18.5 Å². The number of halogens is 1. The second-order valence-corrected chi connectivity index (χ2v) is 7.40. The van der Waals surface area contributed by atoms with E-state index in [1.54, 1.807) is 42.5 Å². The van der Waals surface area contributed by atoms with Gasteiger partial charge in [0, 0.05) is 17.3 Å². The van der Waals surface area contributed by atoms with Crippen molar-refractivity contribution >= 4 is 35.0 Å². The van der Waals surface area contributed by atoms with Crippen molar-refractivity contribution in [2.45, 2.75) is 25.4 Å². The maximum atomic E-state index is 12.7. The van der Waals surface area contributed by atoms with E-state index in [-0.39, 0.29) is 36.8 Å². The molecule has 0 radical (unpaired) electrons. The third-order valence-corrected chi connectivity index (χ3v) is 5.19. The molecule has 2 aliphatic heterocycles. The number of amides is 3. The summed E-state index contributed by atoms with van der Waals surface area (Å²) >= 11 is 5.85. The highest BCUT2D eigenvalue weighted by Gasteiger charge is 2.37. The van der Waals surface area contributed by atoms with Crippen LogP contribution in [0, 0.1) is 0 Å². The number of hydrogen-bond acceptors (Lipinski definition) is 4. The largest absolute Gasteiger partial charge is 0.376 e. The molecule has 28 heavy (non-hydrogen) atoms. The highest BCUT2D eigenvalue weighted by molar-refractivity contribution is 6.30. The molecule has 0 saturated carbocycles. The van der Waals surface area contributed by atoms with Gasteiger partial charge in [0.15, 0.2) is 0 Å². The van der Waals surface area contributed by atoms with Gasteiger partial charge in [-0.2, -0.15) is 0 Å². The lowest BCUT2D eigenvalue weighted by molar-refractivity contribution is -0.115. The van der Waals surface area contributed by atoms with Crippen LogP contribution in [-0.2, 0) is 16.0 Å². The van der Waals surface area contributed by atoms with Gasteiger partial charge in [-0.1, -0.05) is 23.7 Å². The van der Waals surface area contributed by atoms with E-state index in [1.165, 1.54) is 4.90 Å². The molecule has 144 valence electrons. The molecular formula is C21H19ClN2O4. The summed E-state index contributed by atoms with van der Waals surface area (Å²) in [5.41, 5.74) is 1.99. The van der Waals surface area contributed by atoms with E-state index < -0.39 is 0 Å². The lowest BCUT2D eigenvalue weighted by Crippen LogP contribution is -2.36. The average molecular weight is 399 g/mol. The number of benzene rings is 2. The maximum Gasteiger partial charge on any atom is 0.261 e. The summed E-state index contributed by atoms with van der Waals surface area (Å²) < 4.78 is 5.54. The Morgan fingerprint density at radius 2 is 1.86 bits per heavy atom. The Morgan fingerprint density at radius 1 is 1.11 bits per heavy atom. The highest BCUT2D eigenvalue weighted by atomic mass is 35.5. The Balaban J connectivity index is 1.45. The van der Waals surface area contributed by atoms with Gasteiger partial charge in [-0.25, -0.2) is 0 Å². The fourth-order valence-electron chi connectivity index (χ4n) is 3.52. The van der Waals surface area contributed by atoms with Gasteiger partial charge >= 0.3 is 0 Å².